The number of phenols is 1. The highest BCUT2D eigenvalue weighted by molar-refractivity contribution is 5.95. The van der Waals surface area contributed by atoms with Gasteiger partial charge in [0.2, 0.25) is 5.95 Å². The van der Waals surface area contributed by atoms with E-state index in [0.717, 1.165) is 41.7 Å². The minimum absolute atomic E-state index is 0.217. The van der Waals surface area contributed by atoms with Gasteiger partial charge < -0.3 is 26.4 Å². The van der Waals surface area contributed by atoms with E-state index in [0.29, 0.717) is 5.82 Å². The summed E-state index contributed by atoms with van der Waals surface area (Å²) in [4.78, 5) is 26.0. The first kappa shape index (κ1) is 23.6. The number of nitrogens with one attached hydrogen (secondary N) is 2. The van der Waals surface area contributed by atoms with Gasteiger partial charge in [0.1, 0.15) is 11.6 Å². The first-order valence-corrected chi connectivity index (χ1v) is 9.18. The molecule has 2 aromatic heterocycles. The molecule has 0 fully saturated rings. The maximum Gasteiger partial charge on any atom is 0.300 e. The van der Waals surface area contributed by atoms with Gasteiger partial charge in [0.15, 0.2) is 0 Å². The Morgan fingerprint density at radius 2 is 1.62 bits per heavy atom. The van der Waals surface area contributed by atoms with Crippen LogP contribution in [0.15, 0.2) is 54.7 Å². The van der Waals surface area contributed by atoms with E-state index >= 15 is 0 Å². The first-order valence-electron chi connectivity index (χ1n) is 9.18. The van der Waals surface area contributed by atoms with Crippen molar-refractivity contribution >= 4 is 40.3 Å². The molecule has 166 valence electrons. The number of fused-ring (bicyclic) bond motifs is 1. The van der Waals surface area contributed by atoms with Crippen molar-refractivity contribution in [3.63, 3.8) is 0 Å². The van der Waals surface area contributed by atoms with Crippen LogP contribution in [-0.2, 0) is 9.59 Å². The van der Waals surface area contributed by atoms with Gasteiger partial charge in [0.25, 0.3) is 11.9 Å². The summed E-state index contributed by atoms with van der Waals surface area (Å²) in [5.74, 6) is -0.604. The Morgan fingerprint density at radius 1 is 1.00 bits per heavy atom. The normalized spacial score (nSPS) is 9.69. The predicted octanol–water partition coefficient (Wildman–Crippen LogP) is 3.23. The molecule has 2 aromatic carbocycles. The average Bonchev–Trinajstić information content (AvgIpc) is 3.11. The zero-order valence-corrected chi connectivity index (χ0v) is 17.3. The number of benzene rings is 2. The van der Waals surface area contributed by atoms with Crippen LogP contribution in [0.5, 0.6) is 5.75 Å². The maximum absolute atomic E-state index is 9.44. The lowest BCUT2D eigenvalue weighted by Crippen LogP contribution is -1.98. The number of carboxylic acid groups (broad SMARTS) is 2. The molecule has 0 spiro atoms. The fourth-order valence-electron chi connectivity index (χ4n) is 2.52. The molecular formula is C21H22N6O5. The number of nitrogens with zero attached hydrogens (tertiary/aromatic N) is 3. The number of hydrogen-bond acceptors (Lipinski definition) is 8. The molecule has 0 saturated heterocycles. The number of carbonyl (C=O) groups is 2. The zero-order chi connectivity index (χ0) is 23.7. The van der Waals surface area contributed by atoms with Gasteiger partial charge in [-0.2, -0.15) is 10.1 Å². The zero-order valence-electron chi connectivity index (χ0n) is 17.3. The van der Waals surface area contributed by atoms with E-state index < -0.39 is 11.9 Å². The Balaban J connectivity index is 0.000000395. The fraction of sp³-hybridized carbons (Fsp3) is 0.0952. The van der Waals surface area contributed by atoms with E-state index in [9.17, 15) is 5.11 Å². The Kier molecular flexibility index (Phi) is 8.06. The van der Waals surface area contributed by atoms with Crippen LogP contribution in [0.3, 0.4) is 0 Å². The number of nitrogens with two attached hydrogens (primary N) is 1. The van der Waals surface area contributed by atoms with Crippen molar-refractivity contribution in [2.45, 2.75) is 13.8 Å². The van der Waals surface area contributed by atoms with Crippen molar-refractivity contribution in [3.8, 4) is 17.0 Å². The molecule has 32 heavy (non-hydrogen) atoms. The summed E-state index contributed by atoms with van der Waals surface area (Å²) < 4.78 is 0. The molecule has 0 bridgehead atoms. The SMILES string of the molecule is CC(=O)O.CC(=O)O.Nc1nccc(Nc2ccc3[nH]nc(-c4ccc(O)cc4)c3c2)n1. The number of carboxylic acids is 2. The molecule has 11 nitrogen and oxygen atoms in total. The van der Waals surface area contributed by atoms with Gasteiger partial charge in [-0.05, 0) is 48.5 Å². The summed E-state index contributed by atoms with van der Waals surface area (Å²) in [6, 6.07) is 14.5. The summed E-state index contributed by atoms with van der Waals surface area (Å²) in [6.45, 7) is 2.17. The summed E-state index contributed by atoms with van der Waals surface area (Å²) in [5.41, 5.74) is 9.12. The number of aromatic hydroxyl groups is 1. The maximum atomic E-state index is 9.44. The number of anilines is 3. The molecule has 0 saturated carbocycles. The Bertz CT molecular complexity index is 1190. The lowest BCUT2D eigenvalue weighted by molar-refractivity contribution is -0.135. The predicted molar refractivity (Wildman–Crippen MR) is 120 cm³/mol. The lowest BCUT2D eigenvalue weighted by Gasteiger charge is -2.06. The third-order valence-corrected chi connectivity index (χ3v) is 3.65. The smallest absolute Gasteiger partial charge is 0.300 e. The van der Waals surface area contributed by atoms with Gasteiger partial charge in [-0.25, -0.2) is 4.98 Å². The molecule has 0 aliphatic heterocycles. The molecule has 0 amide bonds. The standard InChI is InChI=1S/C17H14N6O.2C2H4O2/c18-17-19-8-7-15(21-17)20-11-3-6-14-13(9-11)16(23-22-14)10-1-4-12(24)5-2-10;2*1-2(3)4/h1-9,24H,(H,22,23)(H3,18,19,20,21);2*1H3,(H,3,4). The van der Waals surface area contributed by atoms with E-state index in [1.54, 1.807) is 24.4 Å². The van der Waals surface area contributed by atoms with Crippen molar-refractivity contribution < 1.29 is 24.9 Å². The van der Waals surface area contributed by atoms with Crippen LogP contribution in [0.4, 0.5) is 17.5 Å². The van der Waals surface area contributed by atoms with Gasteiger partial charge in [-0.3, -0.25) is 14.7 Å². The van der Waals surface area contributed by atoms with Crippen LogP contribution in [0, 0.1) is 0 Å². The van der Waals surface area contributed by atoms with Gasteiger partial charge >= 0.3 is 0 Å². The molecule has 7 N–H and O–H groups in total. The van der Waals surface area contributed by atoms with Crippen LogP contribution in [0.25, 0.3) is 22.2 Å². The third kappa shape index (κ3) is 7.30. The van der Waals surface area contributed by atoms with Crippen LogP contribution in [0.1, 0.15) is 13.8 Å². The molecular weight excluding hydrogens is 416 g/mol. The number of H-pyrrole nitrogens is 1. The number of aromatic nitrogens is 4. The Labute approximate surface area is 182 Å². The Morgan fingerprint density at radius 3 is 2.22 bits per heavy atom. The van der Waals surface area contributed by atoms with Crippen molar-refractivity contribution in [2.24, 2.45) is 0 Å². The second-order valence-corrected chi connectivity index (χ2v) is 6.34. The van der Waals surface area contributed by atoms with E-state index in [2.05, 4.69) is 25.5 Å². The van der Waals surface area contributed by atoms with E-state index in [-0.39, 0.29) is 11.7 Å². The first-order chi connectivity index (χ1) is 15.2. The fourth-order valence-corrected chi connectivity index (χ4v) is 2.52. The highest BCUT2D eigenvalue weighted by Gasteiger charge is 2.09. The summed E-state index contributed by atoms with van der Waals surface area (Å²) in [6.07, 6.45) is 1.60. The number of hydrogen-bond donors (Lipinski definition) is 6. The molecule has 0 unspecified atom stereocenters. The molecule has 0 radical (unpaired) electrons. The van der Waals surface area contributed by atoms with Crippen molar-refractivity contribution in [1.29, 1.82) is 0 Å². The van der Waals surface area contributed by atoms with Crippen LogP contribution in [0.2, 0.25) is 0 Å². The summed E-state index contributed by atoms with van der Waals surface area (Å²) in [7, 11) is 0. The monoisotopic (exact) mass is 438 g/mol. The van der Waals surface area contributed by atoms with Crippen molar-refractivity contribution in [3.05, 3.63) is 54.7 Å². The molecule has 0 atom stereocenters. The van der Waals surface area contributed by atoms with Crippen LogP contribution < -0.4 is 11.1 Å². The number of nitrogen functional groups attached to an aromatic ring is 1. The minimum Gasteiger partial charge on any atom is -0.508 e. The highest BCUT2D eigenvalue weighted by Crippen LogP contribution is 2.30. The van der Waals surface area contributed by atoms with Crippen LogP contribution >= 0.6 is 0 Å². The quantitative estimate of drug-likeness (QED) is 0.277. The largest absolute Gasteiger partial charge is 0.508 e. The second-order valence-electron chi connectivity index (χ2n) is 6.34. The molecule has 2 heterocycles. The average molecular weight is 438 g/mol. The van der Waals surface area contributed by atoms with Gasteiger partial charge in [-0.15, -0.1) is 0 Å². The molecule has 4 rings (SSSR count). The summed E-state index contributed by atoms with van der Waals surface area (Å²) in [5, 5.41) is 35.8. The number of rotatable bonds is 3. The van der Waals surface area contributed by atoms with Gasteiger partial charge in [0, 0.05) is 36.7 Å². The molecule has 11 heteroatoms. The molecule has 0 aliphatic rings. The third-order valence-electron chi connectivity index (χ3n) is 3.65. The number of aliphatic carboxylic acids is 2. The lowest BCUT2D eigenvalue weighted by atomic mass is 10.1. The topological polar surface area (TPSA) is 187 Å². The molecule has 0 aliphatic carbocycles. The van der Waals surface area contributed by atoms with Crippen LogP contribution in [-0.4, -0.2) is 47.4 Å². The van der Waals surface area contributed by atoms with Crippen molar-refractivity contribution in [2.75, 3.05) is 11.1 Å². The van der Waals surface area contributed by atoms with Gasteiger partial charge in [-0.1, -0.05) is 0 Å². The number of phenolic OH excluding ortho intramolecular Hbond substituents is 1. The van der Waals surface area contributed by atoms with E-state index in [1.807, 2.05) is 30.3 Å². The van der Waals surface area contributed by atoms with Crippen molar-refractivity contribution in [1.82, 2.24) is 20.2 Å². The second kappa shape index (κ2) is 10.9. The number of aromatic amines is 1. The van der Waals surface area contributed by atoms with Gasteiger partial charge in [0.05, 0.1) is 11.2 Å². The highest BCUT2D eigenvalue weighted by atomic mass is 16.4. The summed E-state index contributed by atoms with van der Waals surface area (Å²) >= 11 is 0. The Hall–Kier alpha value is -4.67. The molecule has 4 aromatic rings. The van der Waals surface area contributed by atoms with E-state index in [1.165, 1.54) is 0 Å². The van der Waals surface area contributed by atoms with E-state index in [4.69, 9.17) is 25.5 Å². The minimum atomic E-state index is -0.833.